The smallest absolute Gasteiger partial charge is 0.209 e. The van der Waals surface area contributed by atoms with E-state index in [4.69, 9.17) is 0 Å². The molecule has 4 heteroatoms. The second-order valence-corrected chi connectivity index (χ2v) is 3.94. The lowest BCUT2D eigenvalue weighted by atomic mass is 9.94. The van der Waals surface area contributed by atoms with Crippen LogP contribution in [0, 0.1) is 6.92 Å². The molecule has 1 heterocycles. The summed E-state index contributed by atoms with van der Waals surface area (Å²) in [5, 5.41) is 0.238. The zero-order valence-electron chi connectivity index (χ0n) is 8.38. The van der Waals surface area contributed by atoms with Gasteiger partial charge >= 0.3 is 0 Å². The monoisotopic (exact) mass is 215 g/mol. The van der Waals surface area contributed by atoms with E-state index in [0.717, 1.165) is 16.7 Å². The van der Waals surface area contributed by atoms with Crippen molar-refractivity contribution in [1.29, 1.82) is 0 Å². The number of hydrogen-bond acceptors (Lipinski definition) is 1. The molecule has 1 aromatic rings. The number of alkyl halides is 2. The maximum Gasteiger partial charge on any atom is 0.256 e. The van der Waals surface area contributed by atoms with Crippen molar-refractivity contribution < 1.29 is 13.3 Å². The number of aryl methyl sites for hydroxylation is 1. The fraction of sp³-hybridized carbons (Fsp3) is 0.455. The summed E-state index contributed by atoms with van der Waals surface area (Å²) in [6.07, 6.45) is -2.55. The molecule has 82 valence electrons. The zero-order valence-corrected chi connectivity index (χ0v) is 8.38. The zero-order chi connectivity index (χ0) is 11.0. The molecule has 1 aliphatic heterocycles. The first-order chi connectivity index (χ1) is 7.08. The average Bonchev–Trinajstić information content (AvgIpc) is 2.17. The first kappa shape index (κ1) is 10.5. The van der Waals surface area contributed by atoms with Gasteiger partial charge in [-0.05, 0) is 24.5 Å². The van der Waals surface area contributed by atoms with Gasteiger partial charge in [0.1, 0.15) is 6.04 Å². The van der Waals surface area contributed by atoms with Crippen LogP contribution in [0.4, 0.5) is 13.3 Å². The van der Waals surface area contributed by atoms with E-state index in [1.807, 2.05) is 19.1 Å². The maximum absolute atomic E-state index is 13.2. The van der Waals surface area contributed by atoms with Crippen LogP contribution in [0.2, 0.25) is 0 Å². The molecule has 0 aromatic heterocycles. The van der Waals surface area contributed by atoms with Crippen molar-refractivity contribution in [2.45, 2.75) is 32.4 Å². The van der Waals surface area contributed by atoms with E-state index in [2.05, 4.69) is 0 Å². The molecule has 15 heavy (non-hydrogen) atoms. The van der Waals surface area contributed by atoms with E-state index in [9.17, 15) is 13.3 Å². The van der Waals surface area contributed by atoms with Gasteiger partial charge in [0, 0.05) is 0 Å². The van der Waals surface area contributed by atoms with E-state index in [0.29, 0.717) is 0 Å². The van der Waals surface area contributed by atoms with E-state index in [1.165, 1.54) is 0 Å². The highest BCUT2D eigenvalue weighted by Gasteiger charge is 2.32. The molecule has 0 bridgehead atoms. The first-order valence-corrected chi connectivity index (χ1v) is 4.87. The van der Waals surface area contributed by atoms with Gasteiger partial charge in [-0.3, -0.25) is 0 Å². The molecule has 1 aromatic carbocycles. The Morgan fingerprint density at radius 1 is 1.33 bits per heavy atom. The lowest BCUT2D eigenvalue weighted by Gasteiger charge is -2.29. The van der Waals surface area contributed by atoms with Crippen molar-refractivity contribution in [3.8, 4) is 0 Å². The molecular formula is C11H12F3N. The van der Waals surface area contributed by atoms with Gasteiger partial charge in [-0.25, -0.2) is 8.78 Å². The average molecular weight is 215 g/mol. The van der Waals surface area contributed by atoms with Crippen molar-refractivity contribution in [2.24, 2.45) is 0 Å². The molecule has 1 atom stereocenters. The van der Waals surface area contributed by atoms with E-state index in [-0.39, 0.29) is 18.1 Å². The predicted molar refractivity (Wildman–Crippen MR) is 51.3 cm³/mol. The lowest BCUT2D eigenvalue weighted by molar-refractivity contribution is -0.0977. The Labute approximate surface area is 86.4 Å². The third-order valence-electron chi connectivity index (χ3n) is 2.76. The highest BCUT2D eigenvalue weighted by molar-refractivity contribution is 5.33. The Morgan fingerprint density at radius 3 is 2.73 bits per heavy atom. The van der Waals surface area contributed by atoms with Crippen LogP contribution in [0.15, 0.2) is 18.2 Å². The molecule has 1 unspecified atom stereocenters. The minimum absolute atomic E-state index is 0.0371. The van der Waals surface area contributed by atoms with Crippen molar-refractivity contribution in [3.63, 3.8) is 0 Å². The Bertz CT molecular complexity index is 365. The van der Waals surface area contributed by atoms with Crippen LogP contribution in [-0.2, 0) is 13.0 Å². The van der Waals surface area contributed by atoms with Gasteiger partial charge in [-0.2, -0.15) is 0 Å². The molecular weight excluding hydrogens is 203 g/mol. The lowest BCUT2D eigenvalue weighted by Crippen LogP contribution is -2.39. The molecule has 0 amide bonds. The molecule has 1 nitrogen and oxygen atoms in total. The van der Waals surface area contributed by atoms with Crippen LogP contribution in [0.25, 0.3) is 0 Å². The summed E-state index contributed by atoms with van der Waals surface area (Å²) in [5.74, 6) is 0. The third kappa shape index (κ3) is 2.00. The molecule has 0 saturated heterocycles. The highest BCUT2D eigenvalue weighted by Crippen LogP contribution is 2.27. The summed E-state index contributed by atoms with van der Waals surface area (Å²) in [6, 6.07) is 4.24. The first-order valence-electron chi connectivity index (χ1n) is 4.87. The number of nitrogens with zero attached hydrogens (tertiary/aromatic N) is 1. The van der Waals surface area contributed by atoms with Crippen LogP contribution < -0.4 is 0 Å². The molecule has 0 fully saturated rings. The number of benzene rings is 1. The number of halogens is 3. The summed E-state index contributed by atoms with van der Waals surface area (Å²) < 4.78 is 38.2. The van der Waals surface area contributed by atoms with Gasteiger partial charge in [-0.1, -0.05) is 23.8 Å². The number of rotatable bonds is 1. The predicted octanol–water partition coefficient (Wildman–Crippen LogP) is 2.87. The highest BCUT2D eigenvalue weighted by atomic mass is 19.3. The summed E-state index contributed by atoms with van der Waals surface area (Å²) in [5.41, 5.74) is 2.67. The van der Waals surface area contributed by atoms with Crippen LogP contribution >= 0.6 is 0 Å². The molecule has 0 aliphatic carbocycles. The van der Waals surface area contributed by atoms with Crippen LogP contribution in [0.1, 0.15) is 16.7 Å². The summed E-state index contributed by atoms with van der Waals surface area (Å²) in [7, 11) is 0. The Morgan fingerprint density at radius 2 is 2.07 bits per heavy atom. The summed E-state index contributed by atoms with van der Waals surface area (Å²) in [4.78, 5) is 0. The SMILES string of the molecule is Cc1ccc2c(c1)CC(C(F)F)N(F)C2. The molecule has 0 N–H and O–H groups in total. The van der Waals surface area contributed by atoms with Gasteiger partial charge in [0.15, 0.2) is 0 Å². The quantitative estimate of drug-likeness (QED) is 0.651. The van der Waals surface area contributed by atoms with E-state index < -0.39 is 12.5 Å². The topological polar surface area (TPSA) is 3.24 Å². The molecule has 0 saturated carbocycles. The van der Waals surface area contributed by atoms with Gasteiger partial charge in [0.05, 0.1) is 6.54 Å². The molecule has 0 spiro atoms. The van der Waals surface area contributed by atoms with E-state index >= 15 is 0 Å². The minimum Gasteiger partial charge on any atom is -0.209 e. The number of fused-ring (bicyclic) bond motifs is 1. The van der Waals surface area contributed by atoms with Crippen molar-refractivity contribution in [2.75, 3.05) is 0 Å². The number of hydrogen-bond donors (Lipinski definition) is 0. The normalized spacial score (nSPS) is 21.8. The van der Waals surface area contributed by atoms with Crippen LogP contribution in [-0.4, -0.2) is 17.6 Å². The van der Waals surface area contributed by atoms with Crippen LogP contribution in [0.3, 0.4) is 0 Å². The molecule has 0 radical (unpaired) electrons. The summed E-state index contributed by atoms with van der Waals surface area (Å²) >= 11 is 0. The third-order valence-corrected chi connectivity index (χ3v) is 2.76. The summed E-state index contributed by atoms with van der Waals surface area (Å²) in [6.45, 7) is 1.87. The van der Waals surface area contributed by atoms with Crippen molar-refractivity contribution in [3.05, 3.63) is 34.9 Å². The van der Waals surface area contributed by atoms with Gasteiger partial charge in [0.25, 0.3) is 6.43 Å². The fourth-order valence-corrected chi connectivity index (χ4v) is 1.91. The van der Waals surface area contributed by atoms with Crippen molar-refractivity contribution in [1.82, 2.24) is 5.12 Å². The molecule has 1 aliphatic rings. The molecule has 2 rings (SSSR count). The Hall–Kier alpha value is -1.03. The minimum atomic E-state index is -2.64. The Balaban J connectivity index is 2.30. The fourth-order valence-electron chi connectivity index (χ4n) is 1.91. The van der Waals surface area contributed by atoms with E-state index in [1.54, 1.807) is 6.07 Å². The van der Waals surface area contributed by atoms with Gasteiger partial charge in [-0.15, -0.1) is 9.60 Å². The second kappa shape index (κ2) is 3.85. The largest absolute Gasteiger partial charge is 0.256 e. The Kier molecular flexibility index (Phi) is 2.69. The van der Waals surface area contributed by atoms with Crippen LogP contribution in [0.5, 0.6) is 0 Å². The van der Waals surface area contributed by atoms with Gasteiger partial charge < -0.3 is 0 Å². The van der Waals surface area contributed by atoms with Gasteiger partial charge in [0.2, 0.25) is 0 Å². The standard InChI is InChI=1S/C11H12F3N/c1-7-2-3-8-6-15(14)10(11(12)13)5-9(8)4-7/h2-4,10-11H,5-6H2,1H3. The van der Waals surface area contributed by atoms with Crippen molar-refractivity contribution >= 4 is 0 Å². The maximum atomic E-state index is 13.2. The second-order valence-electron chi connectivity index (χ2n) is 3.94.